The third kappa shape index (κ3) is 5.47. The Balaban J connectivity index is 1.68. The van der Waals surface area contributed by atoms with Gasteiger partial charge >= 0.3 is 6.03 Å². The van der Waals surface area contributed by atoms with Crippen molar-refractivity contribution in [1.82, 2.24) is 5.32 Å². The summed E-state index contributed by atoms with van der Waals surface area (Å²) in [5, 5.41) is 2.63. The van der Waals surface area contributed by atoms with Gasteiger partial charge in [-0.1, -0.05) is 62.9 Å². The van der Waals surface area contributed by atoms with Crippen molar-refractivity contribution in [2.75, 3.05) is 4.90 Å². The number of urea groups is 1. The monoisotopic (exact) mass is 552 g/mol. The SMILES string of the molecule is Cc1cc(C)cc(COc2ccc(Br)cc2/C=C2\C(=O)NC(=O)N(c3ccc(C)c(Cl)c3)C2=O)c1. The zero-order valence-electron chi connectivity index (χ0n) is 19.3. The molecular weight excluding hydrogens is 532 g/mol. The molecule has 8 heteroatoms. The first-order valence-electron chi connectivity index (χ1n) is 10.8. The quantitative estimate of drug-likeness (QED) is 0.298. The topological polar surface area (TPSA) is 75.7 Å². The Labute approximate surface area is 216 Å². The van der Waals surface area contributed by atoms with Crippen molar-refractivity contribution in [2.45, 2.75) is 27.4 Å². The molecule has 1 aliphatic rings. The molecule has 3 aromatic rings. The number of carbonyl (C=O) groups excluding carboxylic acids is 3. The molecule has 0 radical (unpaired) electrons. The lowest BCUT2D eigenvalue weighted by Gasteiger charge is -2.26. The van der Waals surface area contributed by atoms with Crippen molar-refractivity contribution in [1.29, 1.82) is 0 Å². The molecule has 1 fully saturated rings. The van der Waals surface area contributed by atoms with Crippen molar-refractivity contribution < 1.29 is 19.1 Å². The normalized spacial score (nSPS) is 14.9. The lowest BCUT2D eigenvalue weighted by molar-refractivity contribution is -0.122. The third-order valence-corrected chi connectivity index (χ3v) is 6.36. The Bertz CT molecular complexity index is 1380. The highest BCUT2D eigenvalue weighted by molar-refractivity contribution is 9.10. The van der Waals surface area contributed by atoms with Gasteiger partial charge in [0.2, 0.25) is 0 Å². The summed E-state index contributed by atoms with van der Waals surface area (Å²) in [6.07, 6.45) is 1.43. The molecule has 1 saturated heterocycles. The summed E-state index contributed by atoms with van der Waals surface area (Å²) in [4.78, 5) is 39.3. The Hall–Kier alpha value is -3.42. The standard InChI is InChI=1S/C27H22BrClN2O4/c1-15-8-16(2)10-18(9-15)14-35-24-7-5-20(28)11-19(24)12-22-25(32)30-27(34)31(26(22)33)21-6-4-17(3)23(29)13-21/h4-13H,14H2,1-3H3,(H,30,32,34)/b22-12+. The van der Waals surface area contributed by atoms with E-state index in [9.17, 15) is 14.4 Å². The van der Waals surface area contributed by atoms with E-state index >= 15 is 0 Å². The van der Waals surface area contributed by atoms with Crippen LogP contribution in [0.3, 0.4) is 0 Å². The summed E-state index contributed by atoms with van der Waals surface area (Å²) in [5.74, 6) is -1.05. The number of aryl methyl sites for hydroxylation is 3. The van der Waals surface area contributed by atoms with Crippen molar-refractivity contribution in [3.63, 3.8) is 0 Å². The molecule has 0 bridgehead atoms. The van der Waals surface area contributed by atoms with Crippen LogP contribution in [0.2, 0.25) is 5.02 Å². The zero-order chi connectivity index (χ0) is 25.3. The first-order chi connectivity index (χ1) is 16.6. The lowest BCUT2D eigenvalue weighted by Crippen LogP contribution is -2.54. The van der Waals surface area contributed by atoms with Gasteiger partial charge in [-0.2, -0.15) is 0 Å². The summed E-state index contributed by atoms with van der Waals surface area (Å²) in [6.45, 7) is 6.17. The average Bonchev–Trinajstić information content (AvgIpc) is 2.77. The molecule has 0 aromatic heterocycles. The lowest BCUT2D eigenvalue weighted by atomic mass is 10.1. The highest BCUT2D eigenvalue weighted by atomic mass is 79.9. The van der Waals surface area contributed by atoms with Crippen molar-refractivity contribution in [3.05, 3.63) is 97.5 Å². The molecule has 0 aliphatic carbocycles. The number of anilines is 1. The van der Waals surface area contributed by atoms with E-state index in [2.05, 4.69) is 27.3 Å². The number of rotatable bonds is 5. The van der Waals surface area contributed by atoms with E-state index in [0.29, 0.717) is 22.9 Å². The van der Waals surface area contributed by atoms with Gasteiger partial charge in [-0.05, 0) is 68.3 Å². The molecule has 0 spiro atoms. The van der Waals surface area contributed by atoms with E-state index < -0.39 is 17.8 Å². The van der Waals surface area contributed by atoms with Crippen LogP contribution >= 0.6 is 27.5 Å². The number of imide groups is 2. The number of amides is 4. The van der Waals surface area contributed by atoms with E-state index in [1.807, 2.05) is 39.0 Å². The molecule has 4 amide bonds. The van der Waals surface area contributed by atoms with Crippen LogP contribution in [0.1, 0.15) is 27.8 Å². The molecule has 1 N–H and O–H groups in total. The van der Waals surface area contributed by atoms with Crippen LogP contribution in [0.25, 0.3) is 6.08 Å². The summed E-state index contributed by atoms with van der Waals surface area (Å²) in [7, 11) is 0. The number of hydrogen-bond donors (Lipinski definition) is 1. The molecular formula is C27H22BrClN2O4. The molecule has 0 atom stereocenters. The average molecular weight is 554 g/mol. The maximum Gasteiger partial charge on any atom is 0.335 e. The van der Waals surface area contributed by atoms with Gasteiger partial charge in [-0.15, -0.1) is 0 Å². The van der Waals surface area contributed by atoms with Gasteiger partial charge in [-0.25, -0.2) is 9.69 Å². The predicted molar refractivity (Wildman–Crippen MR) is 140 cm³/mol. The fraction of sp³-hybridized carbons (Fsp3) is 0.148. The smallest absolute Gasteiger partial charge is 0.335 e. The second-order valence-corrected chi connectivity index (χ2v) is 9.68. The molecule has 4 rings (SSSR count). The molecule has 0 saturated carbocycles. The fourth-order valence-corrected chi connectivity index (χ4v) is 4.40. The first kappa shape index (κ1) is 24.7. The molecule has 35 heavy (non-hydrogen) atoms. The van der Waals surface area contributed by atoms with Crippen molar-refractivity contribution in [3.8, 4) is 5.75 Å². The van der Waals surface area contributed by atoms with Crippen LogP contribution in [-0.4, -0.2) is 17.8 Å². The number of ether oxygens (including phenoxy) is 1. The number of hydrogen-bond acceptors (Lipinski definition) is 4. The van der Waals surface area contributed by atoms with Crippen molar-refractivity contribution in [2.24, 2.45) is 0 Å². The van der Waals surface area contributed by atoms with Gasteiger partial charge in [0.05, 0.1) is 5.69 Å². The molecule has 1 aliphatic heterocycles. The van der Waals surface area contributed by atoms with Crippen LogP contribution in [0.15, 0.2) is 64.6 Å². The van der Waals surface area contributed by atoms with E-state index in [-0.39, 0.29) is 11.3 Å². The fourth-order valence-electron chi connectivity index (χ4n) is 3.85. The van der Waals surface area contributed by atoms with Gasteiger partial charge in [0.15, 0.2) is 0 Å². The van der Waals surface area contributed by atoms with Crippen LogP contribution in [0.5, 0.6) is 5.75 Å². The minimum Gasteiger partial charge on any atom is -0.488 e. The Morgan fingerprint density at radius 3 is 2.37 bits per heavy atom. The number of halogens is 2. The largest absolute Gasteiger partial charge is 0.488 e. The van der Waals surface area contributed by atoms with Crippen LogP contribution < -0.4 is 15.0 Å². The molecule has 1 heterocycles. The van der Waals surface area contributed by atoms with Crippen LogP contribution in [-0.2, 0) is 16.2 Å². The minimum absolute atomic E-state index is 0.198. The summed E-state index contributed by atoms with van der Waals surface area (Å²) in [5.41, 5.74) is 4.64. The van der Waals surface area contributed by atoms with Crippen molar-refractivity contribution >= 4 is 57.1 Å². The van der Waals surface area contributed by atoms with Gasteiger partial charge in [0, 0.05) is 15.1 Å². The predicted octanol–water partition coefficient (Wildman–Crippen LogP) is 6.27. The highest BCUT2D eigenvalue weighted by Crippen LogP contribution is 2.30. The Morgan fingerprint density at radius 2 is 1.69 bits per heavy atom. The van der Waals surface area contributed by atoms with Gasteiger partial charge in [0.25, 0.3) is 11.8 Å². The Kier molecular flexibility index (Phi) is 7.10. The first-order valence-corrected chi connectivity index (χ1v) is 12.0. The van der Waals surface area contributed by atoms with Crippen LogP contribution in [0, 0.1) is 20.8 Å². The number of barbiturate groups is 1. The minimum atomic E-state index is -0.836. The molecule has 0 unspecified atom stereocenters. The maximum absolute atomic E-state index is 13.3. The van der Waals surface area contributed by atoms with Gasteiger partial charge in [-0.3, -0.25) is 14.9 Å². The van der Waals surface area contributed by atoms with E-state index in [1.54, 1.807) is 24.3 Å². The van der Waals surface area contributed by atoms with E-state index in [0.717, 1.165) is 31.6 Å². The second-order valence-electron chi connectivity index (χ2n) is 8.36. The van der Waals surface area contributed by atoms with E-state index in [4.69, 9.17) is 16.3 Å². The summed E-state index contributed by atoms with van der Waals surface area (Å²) >= 11 is 9.62. The third-order valence-electron chi connectivity index (χ3n) is 5.46. The molecule has 6 nitrogen and oxygen atoms in total. The maximum atomic E-state index is 13.3. The van der Waals surface area contributed by atoms with Crippen LogP contribution in [0.4, 0.5) is 10.5 Å². The summed E-state index contributed by atoms with van der Waals surface area (Å²) < 4.78 is 6.80. The van der Waals surface area contributed by atoms with Gasteiger partial charge < -0.3 is 4.74 Å². The van der Waals surface area contributed by atoms with E-state index in [1.165, 1.54) is 12.1 Å². The van der Waals surface area contributed by atoms with Gasteiger partial charge in [0.1, 0.15) is 17.9 Å². The highest BCUT2D eigenvalue weighted by Gasteiger charge is 2.37. The number of nitrogens with zero attached hydrogens (tertiary/aromatic N) is 1. The number of carbonyl (C=O) groups is 3. The number of benzene rings is 3. The number of nitrogens with one attached hydrogen (secondary N) is 1. The zero-order valence-corrected chi connectivity index (χ0v) is 21.7. The summed E-state index contributed by atoms with van der Waals surface area (Å²) in [6, 6.07) is 15.5. The second kappa shape index (κ2) is 10.1. The molecule has 178 valence electrons. The molecule has 3 aromatic carbocycles. The Morgan fingerprint density at radius 1 is 0.971 bits per heavy atom.